The van der Waals surface area contributed by atoms with Gasteiger partial charge in [-0.1, -0.05) is 32.1 Å². The SMILES string of the molecule is CCCC#Cc1cnc2c(c1)C(=O)N([C@H](C)CO)C[C@H](C)[C@@H](CN(C)C(=O)CCN1CCCCC1)O2. The molecule has 2 amide bonds. The lowest BCUT2D eigenvalue weighted by Gasteiger charge is -2.37. The largest absolute Gasteiger partial charge is 0.472 e. The van der Waals surface area contributed by atoms with E-state index in [2.05, 4.69) is 28.6 Å². The average molecular weight is 499 g/mol. The molecule has 3 rings (SSSR count). The number of amides is 2. The Bertz CT molecular complexity index is 951. The Kier molecular flexibility index (Phi) is 10.6. The maximum Gasteiger partial charge on any atom is 0.259 e. The van der Waals surface area contributed by atoms with Gasteiger partial charge in [0.25, 0.3) is 5.91 Å². The fourth-order valence-corrected chi connectivity index (χ4v) is 4.68. The third-order valence-corrected chi connectivity index (χ3v) is 7.10. The van der Waals surface area contributed by atoms with E-state index in [0.29, 0.717) is 30.6 Å². The minimum atomic E-state index is -0.356. The quantitative estimate of drug-likeness (QED) is 0.555. The van der Waals surface area contributed by atoms with Gasteiger partial charge in [-0.3, -0.25) is 9.59 Å². The van der Waals surface area contributed by atoms with E-state index < -0.39 is 0 Å². The van der Waals surface area contributed by atoms with Gasteiger partial charge in [0.05, 0.1) is 19.2 Å². The summed E-state index contributed by atoms with van der Waals surface area (Å²) in [6.07, 6.45) is 7.18. The molecular formula is C28H42N4O4. The highest BCUT2D eigenvalue weighted by molar-refractivity contribution is 5.97. The van der Waals surface area contributed by atoms with Crippen molar-refractivity contribution in [1.29, 1.82) is 0 Å². The zero-order valence-electron chi connectivity index (χ0n) is 22.3. The summed E-state index contributed by atoms with van der Waals surface area (Å²) in [5.74, 6) is 6.21. The third-order valence-electron chi connectivity index (χ3n) is 7.10. The molecule has 0 bridgehead atoms. The summed E-state index contributed by atoms with van der Waals surface area (Å²) in [6.45, 7) is 9.49. The van der Waals surface area contributed by atoms with Crippen molar-refractivity contribution in [1.82, 2.24) is 19.7 Å². The molecule has 2 aliphatic heterocycles. The van der Waals surface area contributed by atoms with E-state index in [1.54, 1.807) is 22.1 Å². The molecule has 1 aromatic rings. The Balaban J connectivity index is 1.78. The number of pyridine rings is 1. The Morgan fingerprint density at radius 2 is 2.08 bits per heavy atom. The first-order chi connectivity index (χ1) is 17.3. The molecule has 36 heavy (non-hydrogen) atoms. The number of aromatic nitrogens is 1. The molecule has 2 aliphatic rings. The minimum absolute atomic E-state index is 0.0701. The highest BCUT2D eigenvalue weighted by atomic mass is 16.5. The number of hydrogen-bond acceptors (Lipinski definition) is 6. The van der Waals surface area contributed by atoms with Crippen molar-refractivity contribution >= 4 is 11.8 Å². The van der Waals surface area contributed by atoms with Gasteiger partial charge in [-0.25, -0.2) is 4.98 Å². The van der Waals surface area contributed by atoms with Crippen molar-refractivity contribution in [3.05, 3.63) is 23.4 Å². The van der Waals surface area contributed by atoms with Crippen LogP contribution < -0.4 is 4.74 Å². The molecule has 0 radical (unpaired) electrons. The van der Waals surface area contributed by atoms with Gasteiger partial charge in [-0.05, 0) is 45.3 Å². The number of fused-ring (bicyclic) bond motifs is 1. The van der Waals surface area contributed by atoms with E-state index in [9.17, 15) is 14.7 Å². The first-order valence-electron chi connectivity index (χ1n) is 13.4. The number of carbonyl (C=O) groups excluding carboxylic acids is 2. The third kappa shape index (κ3) is 7.44. The Hall–Kier alpha value is -2.63. The van der Waals surface area contributed by atoms with Crippen LogP contribution in [0.15, 0.2) is 12.3 Å². The molecule has 8 heteroatoms. The number of likely N-dealkylation sites (tertiary alicyclic amines) is 1. The van der Waals surface area contributed by atoms with Crippen LogP contribution in [0.4, 0.5) is 0 Å². The Morgan fingerprint density at radius 1 is 1.33 bits per heavy atom. The van der Waals surface area contributed by atoms with E-state index in [1.807, 2.05) is 20.9 Å². The van der Waals surface area contributed by atoms with E-state index >= 15 is 0 Å². The zero-order valence-corrected chi connectivity index (χ0v) is 22.3. The molecule has 1 fully saturated rings. The molecule has 0 saturated carbocycles. The first kappa shape index (κ1) is 27.9. The minimum Gasteiger partial charge on any atom is -0.472 e. The van der Waals surface area contributed by atoms with E-state index in [0.717, 1.165) is 32.5 Å². The molecular weight excluding hydrogens is 456 g/mol. The van der Waals surface area contributed by atoms with E-state index in [-0.39, 0.29) is 42.4 Å². The van der Waals surface area contributed by atoms with Crippen molar-refractivity contribution < 1.29 is 19.4 Å². The Labute approximate surface area is 216 Å². The van der Waals surface area contributed by atoms with Crippen LogP contribution in [-0.4, -0.2) is 95.1 Å². The predicted molar refractivity (Wildman–Crippen MR) is 140 cm³/mol. The predicted octanol–water partition coefficient (Wildman–Crippen LogP) is 2.79. The van der Waals surface area contributed by atoms with Crippen molar-refractivity contribution in [3.63, 3.8) is 0 Å². The number of nitrogens with zero attached hydrogens (tertiary/aromatic N) is 4. The summed E-state index contributed by atoms with van der Waals surface area (Å²) in [7, 11) is 1.81. The lowest BCUT2D eigenvalue weighted by atomic mass is 9.99. The zero-order chi connectivity index (χ0) is 26.1. The van der Waals surface area contributed by atoms with Crippen LogP contribution in [-0.2, 0) is 4.79 Å². The summed E-state index contributed by atoms with van der Waals surface area (Å²) in [6, 6.07) is 1.37. The second-order valence-corrected chi connectivity index (χ2v) is 10.2. The smallest absolute Gasteiger partial charge is 0.259 e. The molecule has 0 aliphatic carbocycles. The Morgan fingerprint density at radius 3 is 2.78 bits per heavy atom. The number of ether oxygens (including phenoxy) is 1. The molecule has 198 valence electrons. The second-order valence-electron chi connectivity index (χ2n) is 10.2. The molecule has 3 atom stereocenters. The van der Waals surface area contributed by atoms with Crippen LogP contribution in [0.1, 0.15) is 75.2 Å². The van der Waals surface area contributed by atoms with Gasteiger partial charge in [0, 0.05) is 50.7 Å². The maximum atomic E-state index is 13.5. The number of hydrogen-bond donors (Lipinski definition) is 1. The summed E-state index contributed by atoms with van der Waals surface area (Å²) in [5.41, 5.74) is 1.00. The number of unbranched alkanes of at least 4 members (excludes halogenated alkanes) is 1. The normalized spacial score (nSPS) is 21.4. The fraction of sp³-hybridized carbons (Fsp3) is 0.679. The van der Waals surface area contributed by atoms with Gasteiger partial charge in [0.15, 0.2) is 0 Å². The van der Waals surface area contributed by atoms with Gasteiger partial charge in [0.1, 0.15) is 11.7 Å². The summed E-state index contributed by atoms with van der Waals surface area (Å²) >= 11 is 0. The number of likely N-dealkylation sites (N-methyl/N-ethyl adjacent to an activating group) is 1. The van der Waals surface area contributed by atoms with Crippen LogP contribution in [0.5, 0.6) is 5.88 Å². The summed E-state index contributed by atoms with van der Waals surface area (Å²) < 4.78 is 6.30. The standard InChI is InChI=1S/C28H42N4O4/c1-5-6-8-11-23-16-24-27(29-17-23)36-25(21(2)18-32(28(24)35)22(3)20-33)19-30(4)26(34)12-15-31-13-9-7-10-14-31/h16-17,21-22,25,33H,5-7,9-10,12-15,18-20H2,1-4H3/t21-,22+,25+/m0/s1. The molecule has 1 N–H and O–H groups in total. The van der Waals surface area contributed by atoms with Crippen LogP contribution in [0, 0.1) is 17.8 Å². The van der Waals surface area contributed by atoms with Crippen LogP contribution in [0.3, 0.4) is 0 Å². The van der Waals surface area contributed by atoms with Crippen LogP contribution in [0.2, 0.25) is 0 Å². The topological polar surface area (TPSA) is 86.2 Å². The van der Waals surface area contributed by atoms with Crippen molar-refractivity contribution in [2.24, 2.45) is 5.92 Å². The van der Waals surface area contributed by atoms with Crippen LogP contribution >= 0.6 is 0 Å². The molecule has 8 nitrogen and oxygen atoms in total. The highest BCUT2D eigenvalue weighted by Crippen LogP contribution is 2.27. The monoisotopic (exact) mass is 498 g/mol. The molecule has 1 saturated heterocycles. The maximum absolute atomic E-state index is 13.5. The van der Waals surface area contributed by atoms with E-state index in [4.69, 9.17) is 4.74 Å². The number of piperidine rings is 1. The molecule has 0 spiro atoms. The van der Waals surface area contributed by atoms with E-state index in [1.165, 1.54) is 19.3 Å². The molecule has 0 unspecified atom stereocenters. The number of rotatable bonds is 8. The van der Waals surface area contributed by atoms with Gasteiger partial charge >= 0.3 is 0 Å². The molecule has 1 aromatic heterocycles. The lowest BCUT2D eigenvalue weighted by Crippen LogP contribution is -2.50. The lowest BCUT2D eigenvalue weighted by molar-refractivity contribution is -0.131. The molecule has 0 aromatic carbocycles. The van der Waals surface area contributed by atoms with Gasteiger partial charge in [0.2, 0.25) is 11.8 Å². The summed E-state index contributed by atoms with van der Waals surface area (Å²) in [4.78, 5) is 36.6. The summed E-state index contributed by atoms with van der Waals surface area (Å²) in [5, 5.41) is 9.83. The number of aliphatic hydroxyl groups is 1. The fourth-order valence-electron chi connectivity index (χ4n) is 4.68. The molecule has 3 heterocycles. The van der Waals surface area contributed by atoms with Crippen molar-refractivity contribution in [3.8, 4) is 17.7 Å². The second kappa shape index (κ2) is 13.6. The number of carbonyl (C=O) groups is 2. The number of aliphatic hydroxyl groups excluding tert-OH is 1. The van der Waals surface area contributed by atoms with Crippen molar-refractivity contribution in [2.45, 2.75) is 71.4 Å². The first-order valence-corrected chi connectivity index (χ1v) is 13.4. The van der Waals surface area contributed by atoms with Crippen LogP contribution in [0.25, 0.3) is 0 Å². The van der Waals surface area contributed by atoms with Gasteiger partial charge in [-0.2, -0.15) is 0 Å². The van der Waals surface area contributed by atoms with Crippen molar-refractivity contribution in [2.75, 3.05) is 46.4 Å². The van der Waals surface area contributed by atoms with Gasteiger partial charge in [-0.15, -0.1) is 0 Å². The highest BCUT2D eigenvalue weighted by Gasteiger charge is 2.34. The average Bonchev–Trinajstić information content (AvgIpc) is 2.89. The van der Waals surface area contributed by atoms with Gasteiger partial charge < -0.3 is 24.5 Å².